The number of hydrogen-bond acceptors (Lipinski definition) is 3. The Morgan fingerprint density at radius 1 is 1.62 bits per heavy atom. The van der Waals surface area contributed by atoms with Crippen molar-refractivity contribution in [2.24, 2.45) is 11.1 Å². The molecule has 3 heteroatoms. The van der Waals surface area contributed by atoms with Crippen molar-refractivity contribution >= 4 is 11.3 Å². The van der Waals surface area contributed by atoms with Crippen LogP contribution in [0.15, 0.2) is 6.20 Å². The number of aromatic nitrogens is 1. The van der Waals surface area contributed by atoms with E-state index in [1.807, 2.05) is 17.5 Å². The van der Waals surface area contributed by atoms with Gasteiger partial charge in [-0.25, -0.2) is 4.98 Å². The maximum absolute atomic E-state index is 5.60. The van der Waals surface area contributed by atoms with E-state index in [2.05, 4.69) is 11.9 Å². The first-order valence-electron chi connectivity index (χ1n) is 4.85. The Bertz CT molecular complexity index is 289. The third kappa shape index (κ3) is 2.09. The molecular weight excluding hydrogens is 180 g/mol. The maximum atomic E-state index is 5.60. The average Bonchev–Trinajstić information content (AvgIpc) is 2.70. The molecule has 0 amide bonds. The van der Waals surface area contributed by atoms with E-state index in [-0.39, 0.29) is 0 Å². The lowest BCUT2D eigenvalue weighted by atomic mass is 9.98. The van der Waals surface area contributed by atoms with Crippen LogP contribution in [0.1, 0.15) is 29.1 Å². The van der Waals surface area contributed by atoms with E-state index in [1.165, 1.54) is 35.6 Å². The van der Waals surface area contributed by atoms with Crippen LogP contribution >= 0.6 is 11.3 Å². The number of nitrogens with zero attached hydrogens (tertiary/aromatic N) is 1. The molecule has 1 aliphatic rings. The second-order valence-corrected chi connectivity index (χ2v) is 5.38. The van der Waals surface area contributed by atoms with Gasteiger partial charge in [0.05, 0.1) is 5.01 Å². The summed E-state index contributed by atoms with van der Waals surface area (Å²) in [4.78, 5) is 5.71. The van der Waals surface area contributed by atoms with E-state index in [4.69, 9.17) is 5.73 Å². The predicted octanol–water partition coefficient (Wildman–Crippen LogP) is 2.12. The van der Waals surface area contributed by atoms with Crippen molar-refractivity contribution in [2.75, 3.05) is 6.54 Å². The van der Waals surface area contributed by atoms with Crippen molar-refractivity contribution in [2.45, 2.75) is 32.6 Å². The minimum absolute atomic E-state index is 0.563. The highest BCUT2D eigenvalue weighted by molar-refractivity contribution is 7.11. The van der Waals surface area contributed by atoms with Crippen LogP contribution in [0.2, 0.25) is 0 Å². The van der Waals surface area contributed by atoms with Gasteiger partial charge in [-0.2, -0.15) is 0 Å². The van der Waals surface area contributed by atoms with E-state index in [9.17, 15) is 0 Å². The van der Waals surface area contributed by atoms with Crippen LogP contribution in [0.3, 0.4) is 0 Å². The largest absolute Gasteiger partial charge is 0.330 e. The molecule has 1 aromatic rings. The van der Waals surface area contributed by atoms with E-state index >= 15 is 0 Å². The van der Waals surface area contributed by atoms with Gasteiger partial charge in [0.1, 0.15) is 0 Å². The predicted molar refractivity (Wildman–Crippen MR) is 55.9 cm³/mol. The number of nitrogens with two attached hydrogens (primary N) is 1. The highest BCUT2D eigenvalue weighted by Crippen LogP contribution is 2.51. The summed E-state index contributed by atoms with van der Waals surface area (Å²) in [5, 5.41) is 1.18. The van der Waals surface area contributed by atoms with Gasteiger partial charge in [0.15, 0.2) is 0 Å². The molecule has 2 rings (SSSR count). The van der Waals surface area contributed by atoms with Crippen molar-refractivity contribution in [3.8, 4) is 0 Å². The zero-order valence-electron chi connectivity index (χ0n) is 8.05. The molecule has 13 heavy (non-hydrogen) atoms. The third-order valence-corrected chi connectivity index (χ3v) is 3.76. The third-order valence-electron chi connectivity index (χ3n) is 2.85. The minimum atomic E-state index is 0.563. The Labute approximate surface area is 83.2 Å². The monoisotopic (exact) mass is 196 g/mol. The van der Waals surface area contributed by atoms with Gasteiger partial charge in [-0.1, -0.05) is 0 Å². The average molecular weight is 196 g/mol. The Morgan fingerprint density at radius 2 is 2.38 bits per heavy atom. The molecule has 1 fully saturated rings. The zero-order valence-corrected chi connectivity index (χ0v) is 8.86. The lowest BCUT2D eigenvalue weighted by Gasteiger charge is -2.11. The molecule has 0 unspecified atom stereocenters. The SMILES string of the molecule is Cc1ncc(CC2(CCN)CC2)s1. The summed E-state index contributed by atoms with van der Waals surface area (Å²) < 4.78 is 0. The first-order chi connectivity index (χ1) is 6.24. The van der Waals surface area contributed by atoms with Gasteiger partial charge in [-0.05, 0) is 44.6 Å². The van der Waals surface area contributed by atoms with Gasteiger partial charge in [-0.15, -0.1) is 11.3 Å². The lowest BCUT2D eigenvalue weighted by molar-refractivity contribution is 0.474. The second-order valence-electron chi connectivity index (χ2n) is 4.06. The number of thiazole rings is 1. The van der Waals surface area contributed by atoms with Gasteiger partial charge in [0.2, 0.25) is 0 Å². The first kappa shape index (κ1) is 9.16. The zero-order chi connectivity index (χ0) is 9.31. The number of hydrogen-bond donors (Lipinski definition) is 1. The van der Waals surface area contributed by atoms with Crippen molar-refractivity contribution in [3.63, 3.8) is 0 Å². The van der Waals surface area contributed by atoms with Crippen LogP contribution in [-0.4, -0.2) is 11.5 Å². The smallest absolute Gasteiger partial charge is 0.0896 e. The quantitative estimate of drug-likeness (QED) is 0.801. The van der Waals surface area contributed by atoms with Crippen LogP contribution in [0.25, 0.3) is 0 Å². The lowest BCUT2D eigenvalue weighted by Crippen LogP contribution is -2.11. The topological polar surface area (TPSA) is 38.9 Å². The highest BCUT2D eigenvalue weighted by atomic mass is 32.1. The summed E-state index contributed by atoms with van der Waals surface area (Å²) in [6.07, 6.45) is 7.14. The van der Waals surface area contributed by atoms with Crippen LogP contribution in [0.4, 0.5) is 0 Å². The molecule has 1 saturated carbocycles. The molecule has 1 aromatic heterocycles. The van der Waals surface area contributed by atoms with Gasteiger partial charge in [-0.3, -0.25) is 0 Å². The summed E-state index contributed by atoms with van der Waals surface area (Å²) in [5.41, 5.74) is 6.16. The summed E-state index contributed by atoms with van der Waals surface area (Å²) >= 11 is 1.83. The van der Waals surface area contributed by atoms with E-state index in [1.54, 1.807) is 0 Å². The number of aryl methyl sites for hydroxylation is 1. The molecule has 0 radical (unpaired) electrons. The van der Waals surface area contributed by atoms with Crippen LogP contribution in [0, 0.1) is 12.3 Å². The molecule has 1 heterocycles. The first-order valence-corrected chi connectivity index (χ1v) is 5.67. The Kier molecular flexibility index (Phi) is 2.39. The van der Waals surface area contributed by atoms with Gasteiger partial charge in [0.25, 0.3) is 0 Å². The normalized spacial score (nSPS) is 18.9. The standard InChI is InChI=1S/C10H16N2S/c1-8-12-7-9(13-8)6-10(2-3-10)4-5-11/h7H,2-6,11H2,1H3. The van der Waals surface area contributed by atoms with Crippen molar-refractivity contribution in [3.05, 3.63) is 16.1 Å². The highest BCUT2D eigenvalue weighted by Gasteiger charge is 2.41. The molecule has 2 N–H and O–H groups in total. The summed E-state index contributed by atoms with van der Waals surface area (Å²) in [6, 6.07) is 0. The maximum Gasteiger partial charge on any atom is 0.0896 e. The molecule has 72 valence electrons. The second kappa shape index (κ2) is 3.39. The summed E-state index contributed by atoms with van der Waals surface area (Å²) in [6.45, 7) is 2.90. The summed E-state index contributed by atoms with van der Waals surface area (Å²) in [5.74, 6) is 0. The van der Waals surface area contributed by atoms with Gasteiger partial charge in [0, 0.05) is 11.1 Å². The Morgan fingerprint density at radius 3 is 2.85 bits per heavy atom. The fraction of sp³-hybridized carbons (Fsp3) is 0.700. The van der Waals surface area contributed by atoms with E-state index in [0.29, 0.717) is 5.41 Å². The Hall–Kier alpha value is -0.410. The molecule has 0 saturated heterocycles. The van der Waals surface area contributed by atoms with Crippen molar-refractivity contribution in [1.29, 1.82) is 0 Å². The van der Waals surface area contributed by atoms with Gasteiger partial charge < -0.3 is 5.73 Å². The molecule has 0 spiro atoms. The van der Waals surface area contributed by atoms with Crippen LogP contribution in [-0.2, 0) is 6.42 Å². The van der Waals surface area contributed by atoms with Gasteiger partial charge >= 0.3 is 0 Å². The minimum Gasteiger partial charge on any atom is -0.330 e. The molecule has 2 nitrogen and oxygen atoms in total. The van der Waals surface area contributed by atoms with Crippen molar-refractivity contribution < 1.29 is 0 Å². The van der Waals surface area contributed by atoms with E-state index in [0.717, 1.165) is 6.54 Å². The molecule has 0 bridgehead atoms. The van der Waals surface area contributed by atoms with Crippen LogP contribution in [0.5, 0.6) is 0 Å². The molecule has 0 aliphatic heterocycles. The fourth-order valence-corrected chi connectivity index (χ4v) is 2.82. The molecular formula is C10H16N2S. The Balaban J connectivity index is 1.98. The molecule has 0 aromatic carbocycles. The number of rotatable bonds is 4. The van der Waals surface area contributed by atoms with Crippen molar-refractivity contribution in [1.82, 2.24) is 4.98 Å². The summed E-state index contributed by atoms with van der Waals surface area (Å²) in [7, 11) is 0. The molecule has 1 aliphatic carbocycles. The van der Waals surface area contributed by atoms with Crippen LogP contribution < -0.4 is 5.73 Å². The fourth-order valence-electron chi connectivity index (χ4n) is 1.85. The molecule has 0 atom stereocenters. The van der Waals surface area contributed by atoms with E-state index < -0.39 is 0 Å².